The minimum atomic E-state index is -0.525. The molecule has 144 valence electrons. The van der Waals surface area contributed by atoms with E-state index in [4.69, 9.17) is 14.2 Å². The van der Waals surface area contributed by atoms with E-state index in [0.29, 0.717) is 5.56 Å². The van der Waals surface area contributed by atoms with E-state index in [9.17, 15) is 14.4 Å². The number of carbonyl (C=O) groups excluding carboxylic acids is 3. The van der Waals surface area contributed by atoms with Crippen LogP contribution in [-0.4, -0.2) is 44.5 Å². The Morgan fingerprint density at radius 1 is 1.00 bits per heavy atom. The first-order chi connectivity index (χ1) is 13.0. The second-order valence-electron chi connectivity index (χ2n) is 7.20. The highest BCUT2D eigenvalue weighted by Crippen LogP contribution is 2.60. The molecule has 3 saturated carbocycles. The molecule has 0 N–H and O–H groups in total. The summed E-state index contributed by atoms with van der Waals surface area (Å²) in [7, 11) is 4.08. The Kier molecular flexibility index (Phi) is 4.61. The Labute approximate surface area is 161 Å². The van der Waals surface area contributed by atoms with Crippen molar-refractivity contribution in [3.8, 4) is 0 Å². The largest absolute Gasteiger partial charge is 0.469 e. The Morgan fingerprint density at radius 2 is 1.63 bits per heavy atom. The Bertz CT molecular complexity index is 811. The third-order valence-corrected chi connectivity index (χ3v) is 7.79. The molecule has 0 aromatic carbocycles. The summed E-state index contributed by atoms with van der Waals surface area (Å²) in [5.74, 6) is -2.17. The highest BCUT2D eigenvalue weighted by atomic mass is 32.2. The number of carbonyl (C=O) groups is 3. The number of nitrogens with zero attached hydrogens (tertiary/aromatic N) is 1. The van der Waals surface area contributed by atoms with Crippen molar-refractivity contribution in [3.05, 3.63) is 23.9 Å². The summed E-state index contributed by atoms with van der Waals surface area (Å²) in [6, 6.07) is 3.61. The van der Waals surface area contributed by atoms with Gasteiger partial charge in [0.05, 0.1) is 38.4 Å². The van der Waals surface area contributed by atoms with Gasteiger partial charge in [0.25, 0.3) is 5.03 Å². The number of hydrogen-bond donors (Lipinski definition) is 0. The van der Waals surface area contributed by atoms with Crippen molar-refractivity contribution in [2.75, 3.05) is 21.3 Å². The third-order valence-electron chi connectivity index (χ3n) is 6.24. The van der Waals surface area contributed by atoms with E-state index in [0.717, 1.165) is 17.9 Å². The van der Waals surface area contributed by atoms with Crippen LogP contribution in [0.25, 0.3) is 0 Å². The molecule has 0 radical (unpaired) electrons. The van der Waals surface area contributed by atoms with E-state index >= 15 is 0 Å². The van der Waals surface area contributed by atoms with Crippen LogP contribution in [0.2, 0.25) is 0 Å². The molecule has 0 saturated heterocycles. The van der Waals surface area contributed by atoms with E-state index in [-0.39, 0.29) is 41.0 Å². The maximum absolute atomic E-state index is 12.6. The van der Waals surface area contributed by atoms with Gasteiger partial charge in [-0.15, -0.1) is 0 Å². The third kappa shape index (κ3) is 2.56. The van der Waals surface area contributed by atoms with Gasteiger partial charge >= 0.3 is 17.9 Å². The molecule has 7 nitrogen and oxygen atoms in total. The molecule has 5 rings (SSSR count). The lowest BCUT2D eigenvalue weighted by Crippen LogP contribution is -2.61. The first-order valence-electron chi connectivity index (χ1n) is 8.98. The predicted molar refractivity (Wildman–Crippen MR) is 93.9 cm³/mol. The number of thioether (sulfide) groups is 1. The van der Waals surface area contributed by atoms with Crippen molar-refractivity contribution in [2.24, 2.45) is 23.7 Å². The SMILES string of the molecule is COC(=O)c1ccc[n+]2c1S[C@@H]1[C@H]3CC[C@@H]([C@H](C(=O)OC)[C@H]3C(=O)OC)[C@H]12. The van der Waals surface area contributed by atoms with Gasteiger partial charge in [0.2, 0.25) is 0 Å². The van der Waals surface area contributed by atoms with Crippen LogP contribution in [-0.2, 0) is 23.8 Å². The van der Waals surface area contributed by atoms with Gasteiger partial charge in [-0.2, -0.15) is 4.57 Å². The normalized spacial score (nSPS) is 33.0. The Balaban J connectivity index is 1.80. The van der Waals surface area contributed by atoms with Gasteiger partial charge in [-0.25, -0.2) is 4.79 Å². The van der Waals surface area contributed by atoms with Gasteiger partial charge < -0.3 is 14.2 Å². The monoisotopic (exact) mass is 392 g/mol. The van der Waals surface area contributed by atoms with Crippen molar-refractivity contribution in [1.29, 1.82) is 0 Å². The fraction of sp³-hybridized carbons (Fsp3) is 0.579. The molecule has 0 spiro atoms. The number of rotatable bonds is 3. The second-order valence-corrected chi connectivity index (χ2v) is 8.37. The van der Waals surface area contributed by atoms with Crippen LogP contribution in [0.4, 0.5) is 0 Å². The molecule has 6 atom stereocenters. The minimum Gasteiger partial charge on any atom is -0.469 e. The molecule has 8 heteroatoms. The van der Waals surface area contributed by atoms with E-state index in [1.165, 1.54) is 21.3 Å². The average molecular weight is 392 g/mol. The molecule has 1 aliphatic heterocycles. The van der Waals surface area contributed by atoms with Gasteiger partial charge in [0.1, 0.15) is 5.56 Å². The summed E-state index contributed by atoms with van der Waals surface area (Å²) in [5.41, 5.74) is 0.517. The Morgan fingerprint density at radius 3 is 2.26 bits per heavy atom. The second kappa shape index (κ2) is 6.82. The van der Waals surface area contributed by atoms with Gasteiger partial charge in [0, 0.05) is 12.0 Å². The number of pyridine rings is 1. The van der Waals surface area contributed by atoms with E-state index in [1.807, 2.05) is 12.3 Å². The number of hydrogen-bond acceptors (Lipinski definition) is 7. The summed E-state index contributed by atoms with van der Waals surface area (Å²) in [6.45, 7) is 0. The summed E-state index contributed by atoms with van der Waals surface area (Å²) >= 11 is 1.61. The molecule has 1 aromatic heterocycles. The van der Waals surface area contributed by atoms with Crippen molar-refractivity contribution in [1.82, 2.24) is 0 Å². The Hall–Kier alpha value is -2.09. The van der Waals surface area contributed by atoms with Crippen LogP contribution in [0, 0.1) is 23.7 Å². The quantitative estimate of drug-likeness (QED) is 0.437. The lowest BCUT2D eigenvalue weighted by molar-refractivity contribution is -0.762. The molecule has 3 aliphatic carbocycles. The van der Waals surface area contributed by atoms with Crippen LogP contribution >= 0.6 is 11.8 Å². The molecule has 1 aromatic rings. The van der Waals surface area contributed by atoms with Crippen LogP contribution < -0.4 is 4.57 Å². The van der Waals surface area contributed by atoms with Crippen LogP contribution in [0.1, 0.15) is 29.2 Å². The predicted octanol–water partition coefficient (Wildman–Crippen LogP) is 1.39. The lowest BCUT2D eigenvalue weighted by Gasteiger charge is -2.49. The van der Waals surface area contributed by atoms with E-state index in [1.54, 1.807) is 17.8 Å². The molecule has 4 aliphatic rings. The molecule has 0 unspecified atom stereocenters. The van der Waals surface area contributed by atoms with Crippen LogP contribution in [0.15, 0.2) is 23.4 Å². The highest BCUT2D eigenvalue weighted by Gasteiger charge is 2.66. The summed E-state index contributed by atoms with van der Waals surface area (Å²) in [5, 5.41) is 0.949. The number of esters is 3. The standard InChI is InChI=1S/C19H22NO6S/c1-24-17(21)11-5-4-8-20-14-9-6-7-10(15(14)27-16(11)20)13(19(23)26-3)12(9)18(22)25-2/h4-5,8-10,12-15H,6-7H2,1-3H3/q+1/t9-,10-,12-,13-,14+,15+/m0/s1. The molecule has 2 bridgehead atoms. The van der Waals surface area contributed by atoms with Crippen molar-refractivity contribution < 1.29 is 33.2 Å². The van der Waals surface area contributed by atoms with Crippen molar-refractivity contribution >= 4 is 29.7 Å². The fourth-order valence-electron chi connectivity index (χ4n) is 5.23. The number of aromatic nitrogens is 1. The maximum Gasteiger partial charge on any atom is 0.345 e. The molecule has 0 amide bonds. The molecular weight excluding hydrogens is 370 g/mol. The van der Waals surface area contributed by atoms with E-state index in [2.05, 4.69) is 4.57 Å². The number of fused-ring (bicyclic) bond motifs is 3. The van der Waals surface area contributed by atoms with Crippen LogP contribution in [0.5, 0.6) is 0 Å². The van der Waals surface area contributed by atoms with E-state index < -0.39 is 11.8 Å². The van der Waals surface area contributed by atoms with Crippen LogP contribution in [0.3, 0.4) is 0 Å². The first-order valence-corrected chi connectivity index (χ1v) is 9.86. The molecular formula is C19H22NO6S+. The fourth-order valence-corrected chi connectivity index (χ4v) is 7.02. The summed E-state index contributed by atoms with van der Waals surface area (Å²) < 4.78 is 17.1. The van der Waals surface area contributed by atoms with Crippen molar-refractivity contribution in [3.63, 3.8) is 0 Å². The zero-order valence-electron chi connectivity index (χ0n) is 15.4. The zero-order chi connectivity index (χ0) is 19.3. The molecule has 3 fully saturated rings. The topological polar surface area (TPSA) is 82.8 Å². The van der Waals surface area contributed by atoms with Crippen molar-refractivity contribution in [2.45, 2.75) is 29.2 Å². The number of ether oxygens (including phenoxy) is 3. The summed E-state index contributed by atoms with van der Waals surface area (Å²) in [4.78, 5) is 37.3. The van der Waals surface area contributed by atoms with Gasteiger partial charge in [-0.3, -0.25) is 9.59 Å². The minimum absolute atomic E-state index is 0.00746. The van der Waals surface area contributed by atoms with Gasteiger partial charge in [-0.05, 0) is 36.6 Å². The summed E-state index contributed by atoms with van der Waals surface area (Å²) in [6.07, 6.45) is 3.64. The molecule has 27 heavy (non-hydrogen) atoms. The first kappa shape index (κ1) is 18.3. The number of methoxy groups -OCH3 is 3. The molecule has 2 heterocycles. The smallest absolute Gasteiger partial charge is 0.345 e. The highest BCUT2D eigenvalue weighted by molar-refractivity contribution is 8.00. The average Bonchev–Trinajstić information content (AvgIpc) is 3.12. The maximum atomic E-state index is 12.6. The van der Waals surface area contributed by atoms with Gasteiger partial charge in [-0.1, -0.05) is 0 Å². The lowest BCUT2D eigenvalue weighted by atomic mass is 9.56. The zero-order valence-corrected chi connectivity index (χ0v) is 16.2. The van der Waals surface area contributed by atoms with Gasteiger partial charge in [0.15, 0.2) is 12.2 Å².